The molecule has 140 valence electrons. The minimum atomic E-state index is 0.244. The predicted molar refractivity (Wildman–Crippen MR) is 107 cm³/mol. The van der Waals surface area contributed by atoms with Crippen molar-refractivity contribution in [1.82, 2.24) is 19.4 Å². The third kappa shape index (κ3) is 3.59. The van der Waals surface area contributed by atoms with Crippen molar-refractivity contribution >= 4 is 16.9 Å². The molecular weight excluding hydrogens is 336 g/mol. The van der Waals surface area contributed by atoms with E-state index in [9.17, 15) is 4.79 Å². The lowest BCUT2D eigenvalue weighted by atomic mass is 9.99. The first-order valence-corrected chi connectivity index (χ1v) is 9.77. The number of amides is 1. The molecule has 5 nitrogen and oxygen atoms in total. The fourth-order valence-electron chi connectivity index (χ4n) is 3.91. The molecule has 0 aliphatic carbocycles. The number of fused-ring (bicyclic) bond motifs is 1. The highest BCUT2D eigenvalue weighted by molar-refractivity contribution is 5.85. The number of aromatic nitrogens is 3. The van der Waals surface area contributed by atoms with Gasteiger partial charge in [-0.3, -0.25) is 9.78 Å². The van der Waals surface area contributed by atoms with Gasteiger partial charge >= 0.3 is 0 Å². The summed E-state index contributed by atoms with van der Waals surface area (Å²) in [6.45, 7) is 6.69. The Hall–Kier alpha value is -2.69. The van der Waals surface area contributed by atoms with Gasteiger partial charge in [-0.1, -0.05) is 6.92 Å². The van der Waals surface area contributed by atoms with Gasteiger partial charge in [0.1, 0.15) is 5.65 Å². The van der Waals surface area contributed by atoms with Gasteiger partial charge in [-0.2, -0.15) is 0 Å². The minimum absolute atomic E-state index is 0.244. The fourth-order valence-corrected chi connectivity index (χ4v) is 3.91. The number of nitrogens with zero attached hydrogens (tertiary/aromatic N) is 4. The van der Waals surface area contributed by atoms with Crippen LogP contribution in [0, 0.1) is 12.8 Å². The number of hydrogen-bond acceptors (Lipinski definition) is 3. The van der Waals surface area contributed by atoms with E-state index in [0.29, 0.717) is 13.0 Å². The van der Waals surface area contributed by atoms with Gasteiger partial charge < -0.3 is 9.47 Å². The molecule has 0 radical (unpaired) electrons. The number of piperidine rings is 1. The topological polar surface area (TPSA) is 51.0 Å². The van der Waals surface area contributed by atoms with Crippen molar-refractivity contribution in [1.29, 1.82) is 0 Å². The van der Waals surface area contributed by atoms with Gasteiger partial charge in [0, 0.05) is 55.1 Å². The first kappa shape index (κ1) is 17.7. The molecule has 0 spiro atoms. The first-order chi connectivity index (χ1) is 13.1. The number of hydrogen-bond donors (Lipinski definition) is 0. The summed E-state index contributed by atoms with van der Waals surface area (Å²) in [4.78, 5) is 23.8. The molecule has 1 amide bonds. The SMILES string of the molecule is Cc1ncccc1-c1cc2cccnc2n1CCC(=O)N1CCC(C)CC1. The smallest absolute Gasteiger partial charge is 0.224 e. The lowest BCUT2D eigenvalue weighted by Crippen LogP contribution is -2.38. The summed E-state index contributed by atoms with van der Waals surface area (Å²) < 4.78 is 2.17. The van der Waals surface area contributed by atoms with E-state index in [2.05, 4.69) is 39.7 Å². The molecule has 0 atom stereocenters. The lowest BCUT2D eigenvalue weighted by molar-refractivity contribution is -0.132. The molecule has 0 N–H and O–H groups in total. The number of aryl methyl sites for hydroxylation is 2. The van der Waals surface area contributed by atoms with E-state index < -0.39 is 0 Å². The van der Waals surface area contributed by atoms with Gasteiger partial charge in [-0.25, -0.2) is 4.98 Å². The molecule has 4 rings (SSSR count). The van der Waals surface area contributed by atoms with Gasteiger partial charge in [-0.05, 0) is 56.0 Å². The molecule has 1 aliphatic heterocycles. The molecule has 27 heavy (non-hydrogen) atoms. The molecule has 4 heterocycles. The number of rotatable bonds is 4. The van der Waals surface area contributed by atoms with E-state index in [4.69, 9.17) is 0 Å². The van der Waals surface area contributed by atoms with Gasteiger partial charge in [0.25, 0.3) is 0 Å². The van der Waals surface area contributed by atoms with Crippen LogP contribution in [0.2, 0.25) is 0 Å². The monoisotopic (exact) mass is 362 g/mol. The van der Waals surface area contributed by atoms with Crippen LogP contribution in [0.3, 0.4) is 0 Å². The zero-order valence-electron chi connectivity index (χ0n) is 16.1. The van der Waals surface area contributed by atoms with Crippen molar-refractivity contribution < 1.29 is 4.79 Å². The van der Waals surface area contributed by atoms with Crippen LogP contribution in [0.5, 0.6) is 0 Å². The van der Waals surface area contributed by atoms with Gasteiger partial charge in [0.15, 0.2) is 0 Å². The summed E-state index contributed by atoms with van der Waals surface area (Å²) in [5.74, 6) is 0.973. The first-order valence-electron chi connectivity index (χ1n) is 9.77. The van der Waals surface area contributed by atoms with E-state index >= 15 is 0 Å². The second-order valence-corrected chi connectivity index (χ2v) is 7.55. The molecule has 1 aliphatic rings. The van der Waals surface area contributed by atoms with E-state index in [1.54, 1.807) is 0 Å². The molecule has 1 saturated heterocycles. The average molecular weight is 362 g/mol. The van der Waals surface area contributed by atoms with Crippen molar-refractivity contribution in [3.63, 3.8) is 0 Å². The number of carbonyl (C=O) groups is 1. The summed E-state index contributed by atoms with van der Waals surface area (Å²) >= 11 is 0. The number of carbonyl (C=O) groups excluding carboxylic acids is 1. The van der Waals surface area contributed by atoms with Gasteiger partial charge in [0.2, 0.25) is 5.91 Å². The molecule has 3 aromatic rings. The number of likely N-dealkylation sites (tertiary alicyclic amines) is 1. The van der Waals surface area contributed by atoms with Gasteiger partial charge in [-0.15, -0.1) is 0 Å². The molecule has 0 bridgehead atoms. The number of pyridine rings is 2. The summed E-state index contributed by atoms with van der Waals surface area (Å²) in [6.07, 6.45) is 6.35. The second-order valence-electron chi connectivity index (χ2n) is 7.55. The molecular formula is C22H26N4O. The van der Waals surface area contributed by atoms with E-state index in [1.165, 1.54) is 0 Å². The standard InChI is InChI=1S/C22H26N4O/c1-16-7-12-25(13-8-16)21(27)9-14-26-20(19-6-4-10-23-17(19)2)15-18-5-3-11-24-22(18)26/h3-6,10-11,15-16H,7-9,12-14H2,1-2H3. The van der Waals surface area contributed by atoms with Crippen LogP contribution in [0.1, 0.15) is 31.9 Å². The summed E-state index contributed by atoms with van der Waals surface area (Å²) in [6, 6.07) is 10.2. The van der Waals surface area contributed by atoms with Gasteiger partial charge in [0.05, 0.1) is 5.69 Å². The van der Waals surface area contributed by atoms with Crippen molar-refractivity contribution in [2.75, 3.05) is 13.1 Å². The summed E-state index contributed by atoms with van der Waals surface area (Å²) in [5, 5.41) is 1.09. The molecule has 3 aromatic heterocycles. The summed E-state index contributed by atoms with van der Waals surface area (Å²) in [7, 11) is 0. The Bertz CT molecular complexity index is 954. The highest BCUT2D eigenvalue weighted by atomic mass is 16.2. The molecule has 1 fully saturated rings. The normalized spacial score (nSPS) is 15.4. The summed E-state index contributed by atoms with van der Waals surface area (Å²) in [5.41, 5.74) is 4.08. The third-order valence-electron chi connectivity index (χ3n) is 5.62. The highest BCUT2D eigenvalue weighted by Gasteiger charge is 2.21. The Labute approximate surface area is 160 Å². The Kier molecular flexibility index (Phi) is 4.92. The average Bonchev–Trinajstić information content (AvgIpc) is 3.05. The van der Waals surface area contributed by atoms with Crippen LogP contribution >= 0.6 is 0 Å². The fraction of sp³-hybridized carbons (Fsp3) is 0.409. The Morgan fingerprint density at radius 3 is 2.67 bits per heavy atom. The van der Waals surface area contributed by atoms with Crippen LogP contribution in [-0.2, 0) is 11.3 Å². The molecule has 0 aromatic carbocycles. The van der Waals surface area contributed by atoms with E-state index in [-0.39, 0.29) is 5.91 Å². The Morgan fingerprint density at radius 2 is 1.89 bits per heavy atom. The maximum absolute atomic E-state index is 12.7. The van der Waals surface area contributed by atoms with Crippen LogP contribution in [0.25, 0.3) is 22.3 Å². The van der Waals surface area contributed by atoms with Crippen molar-refractivity contribution in [3.8, 4) is 11.3 Å². The maximum Gasteiger partial charge on any atom is 0.224 e. The van der Waals surface area contributed by atoms with Crippen molar-refractivity contribution in [3.05, 3.63) is 48.4 Å². The van der Waals surface area contributed by atoms with Crippen molar-refractivity contribution in [2.24, 2.45) is 5.92 Å². The maximum atomic E-state index is 12.7. The zero-order valence-corrected chi connectivity index (χ0v) is 16.1. The highest BCUT2D eigenvalue weighted by Crippen LogP contribution is 2.29. The van der Waals surface area contributed by atoms with Crippen LogP contribution in [-0.4, -0.2) is 38.4 Å². The second kappa shape index (κ2) is 7.51. The van der Waals surface area contributed by atoms with Crippen LogP contribution < -0.4 is 0 Å². The largest absolute Gasteiger partial charge is 0.343 e. The molecule has 0 saturated carbocycles. The predicted octanol–water partition coefficient (Wildman–Crippen LogP) is 4.06. The minimum Gasteiger partial charge on any atom is -0.343 e. The van der Waals surface area contributed by atoms with E-state index in [0.717, 1.165) is 59.8 Å². The molecule has 0 unspecified atom stereocenters. The van der Waals surface area contributed by atoms with Crippen LogP contribution in [0.4, 0.5) is 0 Å². The Morgan fingerprint density at radius 1 is 1.15 bits per heavy atom. The van der Waals surface area contributed by atoms with E-state index in [1.807, 2.05) is 36.4 Å². The van der Waals surface area contributed by atoms with Crippen LogP contribution in [0.15, 0.2) is 42.7 Å². The molecule has 5 heteroatoms. The Balaban J connectivity index is 1.62. The zero-order chi connectivity index (χ0) is 18.8. The van der Waals surface area contributed by atoms with Crippen molar-refractivity contribution in [2.45, 2.75) is 39.7 Å². The lowest BCUT2D eigenvalue weighted by Gasteiger charge is -2.30. The quantitative estimate of drug-likeness (QED) is 0.703. The third-order valence-corrected chi connectivity index (χ3v) is 5.62.